The van der Waals surface area contributed by atoms with Gasteiger partial charge in [-0.25, -0.2) is 4.99 Å². The molecule has 0 aromatic heterocycles. The van der Waals surface area contributed by atoms with Crippen molar-refractivity contribution < 1.29 is 9.59 Å². The van der Waals surface area contributed by atoms with Crippen LogP contribution in [0.15, 0.2) is 4.99 Å². The predicted octanol–water partition coefficient (Wildman–Crippen LogP) is 1.20. The number of aliphatic imine (C=N–C) groups is 1. The van der Waals surface area contributed by atoms with Gasteiger partial charge in [0.2, 0.25) is 11.8 Å². The van der Waals surface area contributed by atoms with Gasteiger partial charge in [0.1, 0.15) is 6.54 Å². The van der Waals surface area contributed by atoms with Crippen molar-refractivity contribution in [3.05, 3.63) is 0 Å². The largest absolute Gasteiger partial charge is 0.354 e. The maximum absolute atomic E-state index is 12.3. The fourth-order valence-electron chi connectivity index (χ4n) is 3.79. The minimum Gasteiger partial charge on any atom is -0.354 e. The molecule has 0 aromatic rings. The van der Waals surface area contributed by atoms with Crippen molar-refractivity contribution in [2.24, 2.45) is 10.9 Å². The van der Waals surface area contributed by atoms with Crippen molar-refractivity contribution in [1.29, 1.82) is 0 Å². The van der Waals surface area contributed by atoms with Gasteiger partial charge in [-0.05, 0) is 32.1 Å². The number of rotatable bonds is 5. The fourth-order valence-corrected chi connectivity index (χ4v) is 3.79. The van der Waals surface area contributed by atoms with E-state index in [9.17, 15) is 9.59 Å². The lowest BCUT2D eigenvalue weighted by atomic mass is 9.85. The van der Waals surface area contributed by atoms with Crippen LogP contribution in [-0.2, 0) is 9.59 Å². The molecule has 0 saturated heterocycles. The molecule has 7 nitrogen and oxygen atoms in total. The molecule has 2 aliphatic rings. The van der Waals surface area contributed by atoms with Crippen LogP contribution in [0.5, 0.6) is 0 Å². The van der Waals surface area contributed by atoms with E-state index < -0.39 is 0 Å². The summed E-state index contributed by atoms with van der Waals surface area (Å²) in [7, 11) is 7.13. The van der Waals surface area contributed by atoms with Gasteiger partial charge in [0.25, 0.3) is 0 Å². The van der Waals surface area contributed by atoms with Crippen LogP contribution in [0.1, 0.15) is 51.4 Å². The molecule has 0 bridgehead atoms. The molecule has 0 aromatic carbocycles. The van der Waals surface area contributed by atoms with Crippen LogP contribution in [0.2, 0.25) is 0 Å². The summed E-state index contributed by atoms with van der Waals surface area (Å²) in [6.45, 7) is 0.141. The second kappa shape index (κ2) is 9.78. The third kappa shape index (κ3) is 6.18. The molecule has 2 amide bonds. The van der Waals surface area contributed by atoms with Gasteiger partial charge in [-0.15, -0.1) is 0 Å². The zero-order valence-electron chi connectivity index (χ0n) is 16.8. The highest BCUT2D eigenvalue weighted by atomic mass is 16.2. The number of nitrogens with zero attached hydrogens (tertiary/aromatic N) is 3. The summed E-state index contributed by atoms with van der Waals surface area (Å²) in [6, 6.07) is 0.651. The Morgan fingerprint density at radius 2 is 1.50 bits per heavy atom. The maximum Gasteiger partial charge on any atom is 0.243 e. The van der Waals surface area contributed by atoms with E-state index in [1.807, 2.05) is 14.1 Å². The van der Waals surface area contributed by atoms with Crippen molar-refractivity contribution in [2.45, 2.75) is 63.5 Å². The first-order valence-corrected chi connectivity index (χ1v) is 9.85. The molecule has 2 aliphatic carbocycles. The van der Waals surface area contributed by atoms with Crippen molar-refractivity contribution in [3.8, 4) is 0 Å². The molecule has 2 rings (SSSR count). The Morgan fingerprint density at radius 1 is 0.885 bits per heavy atom. The first-order valence-electron chi connectivity index (χ1n) is 9.85. The fraction of sp³-hybridized carbons (Fsp3) is 0.842. The lowest BCUT2D eigenvalue weighted by Crippen LogP contribution is -2.49. The van der Waals surface area contributed by atoms with E-state index >= 15 is 0 Å². The molecule has 2 saturated carbocycles. The highest BCUT2D eigenvalue weighted by molar-refractivity contribution is 5.85. The van der Waals surface area contributed by atoms with E-state index in [4.69, 9.17) is 0 Å². The predicted molar refractivity (Wildman–Crippen MR) is 104 cm³/mol. The van der Waals surface area contributed by atoms with Crippen LogP contribution in [-0.4, -0.2) is 74.4 Å². The van der Waals surface area contributed by atoms with Crippen LogP contribution < -0.4 is 10.6 Å². The summed E-state index contributed by atoms with van der Waals surface area (Å²) in [5.74, 6) is 0.991. The SMILES string of the molecule is CN(C)C(=O)CN=C(NC1CCCC1)NC1CCCC(C(=O)N(C)C)C1. The highest BCUT2D eigenvalue weighted by Crippen LogP contribution is 2.25. The van der Waals surface area contributed by atoms with Gasteiger partial charge < -0.3 is 20.4 Å². The highest BCUT2D eigenvalue weighted by Gasteiger charge is 2.29. The summed E-state index contributed by atoms with van der Waals surface area (Å²) in [5.41, 5.74) is 0. The van der Waals surface area contributed by atoms with E-state index in [0.717, 1.165) is 44.5 Å². The van der Waals surface area contributed by atoms with E-state index in [2.05, 4.69) is 15.6 Å². The van der Waals surface area contributed by atoms with E-state index in [0.29, 0.717) is 6.04 Å². The molecule has 26 heavy (non-hydrogen) atoms. The van der Waals surface area contributed by atoms with Crippen LogP contribution in [0.3, 0.4) is 0 Å². The second-order valence-electron chi connectivity index (χ2n) is 8.02. The number of likely N-dealkylation sites (N-methyl/N-ethyl adjacent to an activating group) is 1. The van der Waals surface area contributed by atoms with Crippen molar-refractivity contribution >= 4 is 17.8 Å². The van der Waals surface area contributed by atoms with Gasteiger partial charge in [0, 0.05) is 46.2 Å². The van der Waals surface area contributed by atoms with Gasteiger partial charge in [-0.3, -0.25) is 9.59 Å². The molecule has 0 spiro atoms. The maximum atomic E-state index is 12.3. The van der Waals surface area contributed by atoms with E-state index in [1.165, 1.54) is 12.8 Å². The third-order valence-corrected chi connectivity index (χ3v) is 5.37. The second-order valence-corrected chi connectivity index (χ2v) is 8.02. The Bertz CT molecular complexity index is 512. The van der Waals surface area contributed by atoms with Gasteiger partial charge in [0.05, 0.1) is 0 Å². The minimum absolute atomic E-state index is 0.0122. The van der Waals surface area contributed by atoms with Gasteiger partial charge in [0.15, 0.2) is 5.96 Å². The molecule has 2 unspecified atom stereocenters. The standard InChI is InChI=1S/C19H35N5O2/c1-23(2)17(25)13-20-19(21-15-9-5-6-10-15)22-16-11-7-8-14(12-16)18(26)24(3)4/h14-16H,5-13H2,1-4H3,(H2,20,21,22). The molecule has 0 heterocycles. The average Bonchev–Trinajstić information content (AvgIpc) is 3.11. The molecule has 0 radical (unpaired) electrons. The Balaban J connectivity index is 1.98. The first-order chi connectivity index (χ1) is 12.4. The van der Waals surface area contributed by atoms with Crippen molar-refractivity contribution in [2.75, 3.05) is 34.7 Å². The van der Waals surface area contributed by atoms with Gasteiger partial charge >= 0.3 is 0 Å². The van der Waals surface area contributed by atoms with Crippen LogP contribution in [0, 0.1) is 5.92 Å². The lowest BCUT2D eigenvalue weighted by molar-refractivity contribution is -0.134. The number of carbonyl (C=O) groups excluding carboxylic acids is 2. The summed E-state index contributed by atoms with van der Waals surface area (Å²) in [5, 5.41) is 7.00. The topological polar surface area (TPSA) is 77.0 Å². The van der Waals surface area contributed by atoms with Crippen LogP contribution in [0.4, 0.5) is 0 Å². The number of hydrogen-bond acceptors (Lipinski definition) is 3. The molecular weight excluding hydrogens is 330 g/mol. The zero-order chi connectivity index (χ0) is 19.1. The molecular formula is C19H35N5O2. The first kappa shape index (κ1) is 20.5. The van der Waals surface area contributed by atoms with Gasteiger partial charge in [-0.2, -0.15) is 0 Å². The molecule has 7 heteroatoms. The van der Waals surface area contributed by atoms with E-state index in [1.54, 1.807) is 23.9 Å². The Labute approximate surface area is 157 Å². The number of amides is 2. The molecule has 2 N–H and O–H groups in total. The number of carbonyl (C=O) groups is 2. The van der Waals surface area contributed by atoms with Crippen molar-refractivity contribution in [1.82, 2.24) is 20.4 Å². The zero-order valence-corrected chi connectivity index (χ0v) is 16.8. The number of guanidine groups is 1. The number of nitrogens with one attached hydrogen (secondary N) is 2. The van der Waals surface area contributed by atoms with Crippen LogP contribution in [0.25, 0.3) is 0 Å². The minimum atomic E-state index is -0.0122. The molecule has 2 atom stereocenters. The summed E-state index contributed by atoms with van der Waals surface area (Å²) in [6.07, 6.45) is 8.62. The summed E-state index contributed by atoms with van der Waals surface area (Å²) < 4.78 is 0. The Kier molecular flexibility index (Phi) is 7.72. The van der Waals surface area contributed by atoms with Crippen LogP contribution >= 0.6 is 0 Å². The van der Waals surface area contributed by atoms with Gasteiger partial charge in [-0.1, -0.05) is 19.3 Å². The normalized spacial score (nSPS) is 24.2. The summed E-state index contributed by atoms with van der Waals surface area (Å²) in [4.78, 5) is 32.0. The molecule has 2 fully saturated rings. The average molecular weight is 366 g/mol. The Morgan fingerprint density at radius 3 is 2.12 bits per heavy atom. The lowest BCUT2D eigenvalue weighted by Gasteiger charge is -2.32. The molecule has 148 valence electrons. The van der Waals surface area contributed by atoms with E-state index in [-0.39, 0.29) is 30.3 Å². The Hall–Kier alpha value is -1.79. The van der Waals surface area contributed by atoms with Crippen molar-refractivity contribution in [3.63, 3.8) is 0 Å². The number of hydrogen-bond donors (Lipinski definition) is 2. The monoisotopic (exact) mass is 365 g/mol. The smallest absolute Gasteiger partial charge is 0.243 e. The molecule has 0 aliphatic heterocycles. The summed E-state index contributed by atoms with van der Waals surface area (Å²) >= 11 is 0. The quantitative estimate of drug-likeness (QED) is 0.567. The third-order valence-electron chi connectivity index (χ3n) is 5.37.